The van der Waals surface area contributed by atoms with Gasteiger partial charge in [0.15, 0.2) is 0 Å². The van der Waals surface area contributed by atoms with Gasteiger partial charge in [-0.3, -0.25) is 19.3 Å². The zero-order chi connectivity index (χ0) is 23.2. The highest BCUT2D eigenvalue weighted by atomic mass is 16.2. The SMILES string of the molecule is O=C(CN1C(=O)c2ccccc2C1=O)N[C@@H](c1ccccc1)c1ccc2c3c(cccc13)CC2. The second kappa shape index (κ2) is 7.96. The molecule has 0 unspecified atom stereocenters. The number of hydrogen-bond acceptors (Lipinski definition) is 3. The average Bonchev–Trinajstić information content (AvgIpc) is 3.40. The van der Waals surface area contributed by atoms with Crippen LogP contribution >= 0.6 is 0 Å². The normalized spacial score (nSPS) is 15.0. The molecule has 0 spiro atoms. The number of fused-ring (bicyclic) bond motifs is 1. The van der Waals surface area contributed by atoms with Gasteiger partial charge in [-0.25, -0.2) is 0 Å². The van der Waals surface area contributed by atoms with Gasteiger partial charge in [-0.15, -0.1) is 0 Å². The van der Waals surface area contributed by atoms with E-state index in [0.29, 0.717) is 11.1 Å². The largest absolute Gasteiger partial charge is 0.344 e. The first-order chi connectivity index (χ1) is 16.6. The summed E-state index contributed by atoms with van der Waals surface area (Å²) in [6, 6.07) is 26.6. The Morgan fingerprint density at radius 2 is 1.41 bits per heavy atom. The van der Waals surface area contributed by atoms with E-state index in [1.807, 2.05) is 30.3 Å². The van der Waals surface area contributed by atoms with Crippen molar-refractivity contribution < 1.29 is 14.4 Å². The third-order valence-electron chi connectivity index (χ3n) is 6.84. The van der Waals surface area contributed by atoms with Crippen molar-refractivity contribution in [3.05, 3.63) is 118 Å². The van der Waals surface area contributed by atoms with Crippen LogP contribution < -0.4 is 5.32 Å². The van der Waals surface area contributed by atoms with Gasteiger partial charge in [-0.1, -0.05) is 72.8 Å². The first-order valence-electron chi connectivity index (χ1n) is 11.4. The summed E-state index contributed by atoms with van der Waals surface area (Å²) < 4.78 is 0. The van der Waals surface area contributed by atoms with Crippen LogP contribution in [0.25, 0.3) is 10.8 Å². The van der Waals surface area contributed by atoms with Gasteiger partial charge >= 0.3 is 0 Å². The molecule has 0 saturated carbocycles. The minimum Gasteiger partial charge on any atom is -0.344 e. The summed E-state index contributed by atoms with van der Waals surface area (Å²) in [5.74, 6) is -1.25. The van der Waals surface area contributed by atoms with E-state index < -0.39 is 17.9 Å². The molecular formula is C29H22N2O3. The van der Waals surface area contributed by atoms with Gasteiger partial charge in [0.05, 0.1) is 17.2 Å². The predicted molar refractivity (Wildman–Crippen MR) is 130 cm³/mol. The van der Waals surface area contributed by atoms with Crippen molar-refractivity contribution in [3.63, 3.8) is 0 Å². The Morgan fingerprint density at radius 3 is 2.12 bits per heavy atom. The molecule has 0 radical (unpaired) electrons. The van der Waals surface area contributed by atoms with Gasteiger partial charge < -0.3 is 5.32 Å². The van der Waals surface area contributed by atoms with Gasteiger partial charge in [-0.2, -0.15) is 0 Å². The van der Waals surface area contributed by atoms with Crippen LogP contribution in [-0.2, 0) is 17.6 Å². The summed E-state index contributed by atoms with van der Waals surface area (Å²) in [6.07, 6.45) is 2.05. The van der Waals surface area contributed by atoms with E-state index in [-0.39, 0.29) is 12.5 Å². The van der Waals surface area contributed by atoms with Crippen LogP contribution in [0.1, 0.15) is 49.0 Å². The molecule has 0 fully saturated rings. The average molecular weight is 447 g/mol. The van der Waals surface area contributed by atoms with E-state index in [1.54, 1.807) is 24.3 Å². The van der Waals surface area contributed by atoms with E-state index in [1.165, 1.54) is 16.5 Å². The lowest BCUT2D eigenvalue weighted by molar-refractivity contribution is -0.121. The van der Waals surface area contributed by atoms with E-state index in [9.17, 15) is 14.4 Å². The second-order valence-corrected chi connectivity index (χ2v) is 8.81. The number of nitrogens with one attached hydrogen (secondary N) is 1. The molecule has 1 heterocycles. The van der Waals surface area contributed by atoms with Crippen LogP contribution in [0.3, 0.4) is 0 Å². The monoisotopic (exact) mass is 446 g/mol. The molecule has 5 heteroatoms. The minimum absolute atomic E-state index is 0.322. The maximum Gasteiger partial charge on any atom is 0.262 e. The lowest BCUT2D eigenvalue weighted by Crippen LogP contribution is -2.41. The van der Waals surface area contributed by atoms with E-state index in [0.717, 1.165) is 34.3 Å². The number of carbonyl (C=O) groups excluding carboxylic acids is 3. The maximum atomic E-state index is 13.2. The van der Waals surface area contributed by atoms with Crippen molar-refractivity contribution in [1.82, 2.24) is 10.2 Å². The van der Waals surface area contributed by atoms with Crippen molar-refractivity contribution >= 4 is 28.5 Å². The van der Waals surface area contributed by atoms with E-state index in [2.05, 4.69) is 35.6 Å². The van der Waals surface area contributed by atoms with Crippen LogP contribution in [-0.4, -0.2) is 29.2 Å². The van der Waals surface area contributed by atoms with Crippen LogP contribution in [0.4, 0.5) is 0 Å². The fourth-order valence-corrected chi connectivity index (χ4v) is 5.24. The first-order valence-corrected chi connectivity index (χ1v) is 11.4. The molecule has 4 aromatic carbocycles. The summed E-state index contributed by atoms with van der Waals surface area (Å²) in [7, 11) is 0. The molecule has 0 aromatic heterocycles. The standard InChI is InChI=1S/C29H22N2O3/c32-25(17-31-28(33)23-10-4-5-11-24(23)29(31)34)30-27(20-7-2-1-3-8-20)22-16-15-19-14-13-18-9-6-12-21(22)26(18)19/h1-12,15-16,27H,13-14,17H2,(H,30,32)/t27-/m0/s1. The fraction of sp³-hybridized carbons (Fsp3) is 0.138. The van der Waals surface area contributed by atoms with Gasteiger partial charge in [0.2, 0.25) is 5.91 Å². The summed E-state index contributed by atoms with van der Waals surface area (Å²) in [5, 5.41) is 5.51. The molecule has 5 nitrogen and oxygen atoms in total. The highest BCUT2D eigenvalue weighted by Gasteiger charge is 2.36. The molecule has 1 aliphatic carbocycles. The van der Waals surface area contributed by atoms with Gasteiger partial charge in [0, 0.05) is 0 Å². The summed E-state index contributed by atoms with van der Waals surface area (Å²) >= 11 is 0. The molecule has 0 saturated heterocycles. The molecule has 34 heavy (non-hydrogen) atoms. The van der Waals surface area contributed by atoms with Crippen LogP contribution in [0.15, 0.2) is 84.9 Å². The van der Waals surface area contributed by atoms with Gasteiger partial charge in [0.1, 0.15) is 6.54 Å². The Bertz CT molecular complexity index is 1430. The van der Waals surface area contributed by atoms with Gasteiger partial charge in [0.25, 0.3) is 11.8 Å². The first kappa shape index (κ1) is 20.4. The molecular weight excluding hydrogens is 424 g/mol. The number of hydrogen-bond donors (Lipinski definition) is 1. The Hall–Kier alpha value is -4.25. The van der Waals surface area contributed by atoms with Crippen molar-refractivity contribution in [3.8, 4) is 0 Å². The topological polar surface area (TPSA) is 66.5 Å². The lowest BCUT2D eigenvalue weighted by atomic mass is 9.91. The number of nitrogens with zero attached hydrogens (tertiary/aromatic N) is 1. The van der Waals surface area contributed by atoms with Crippen molar-refractivity contribution in [2.45, 2.75) is 18.9 Å². The van der Waals surface area contributed by atoms with E-state index in [4.69, 9.17) is 0 Å². The molecule has 2 aliphatic rings. The Labute approximate surface area is 197 Å². The number of aryl methyl sites for hydroxylation is 2. The third kappa shape index (κ3) is 3.20. The minimum atomic E-state index is -0.433. The molecule has 1 atom stereocenters. The molecule has 166 valence electrons. The van der Waals surface area contributed by atoms with Crippen LogP contribution in [0.5, 0.6) is 0 Å². The zero-order valence-electron chi connectivity index (χ0n) is 18.5. The fourth-order valence-electron chi connectivity index (χ4n) is 5.24. The van der Waals surface area contributed by atoms with Crippen molar-refractivity contribution in [2.24, 2.45) is 0 Å². The zero-order valence-corrected chi connectivity index (χ0v) is 18.5. The Balaban J connectivity index is 1.35. The number of amides is 3. The smallest absolute Gasteiger partial charge is 0.262 e. The summed E-state index contributed by atoms with van der Waals surface area (Å²) in [5.41, 5.74) is 5.29. The lowest BCUT2D eigenvalue weighted by Gasteiger charge is -2.23. The maximum absolute atomic E-state index is 13.2. The quantitative estimate of drug-likeness (QED) is 0.461. The molecule has 3 amide bonds. The summed E-state index contributed by atoms with van der Waals surface area (Å²) in [6.45, 7) is -0.322. The van der Waals surface area contributed by atoms with Crippen LogP contribution in [0.2, 0.25) is 0 Å². The number of rotatable bonds is 5. The Morgan fingerprint density at radius 1 is 0.765 bits per heavy atom. The van der Waals surface area contributed by atoms with Crippen LogP contribution in [0, 0.1) is 0 Å². The second-order valence-electron chi connectivity index (χ2n) is 8.81. The van der Waals surface area contributed by atoms with E-state index >= 15 is 0 Å². The number of imide groups is 1. The summed E-state index contributed by atoms with van der Waals surface area (Å²) in [4.78, 5) is 39.7. The van der Waals surface area contributed by atoms with Crippen molar-refractivity contribution in [1.29, 1.82) is 0 Å². The number of carbonyl (C=O) groups is 3. The molecule has 4 aromatic rings. The molecule has 0 bridgehead atoms. The highest BCUT2D eigenvalue weighted by molar-refractivity contribution is 6.22. The van der Waals surface area contributed by atoms with Crippen molar-refractivity contribution in [2.75, 3.05) is 6.54 Å². The highest BCUT2D eigenvalue weighted by Crippen LogP contribution is 2.36. The molecule has 1 N–H and O–H groups in total. The number of benzene rings is 4. The Kier molecular flexibility index (Phi) is 4.77. The molecule has 1 aliphatic heterocycles. The predicted octanol–water partition coefficient (Wildman–Crippen LogP) is 4.44. The van der Waals surface area contributed by atoms with Gasteiger partial charge in [-0.05, 0) is 58.0 Å². The molecule has 6 rings (SSSR count). The third-order valence-corrected chi connectivity index (χ3v) is 6.84.